The van der Waals surface area contributed by atoms with E-state index in [1.807, 2.05) is 30.3 Å². The van der Waals surface area contributed by atoms with E-state index in [0.717, 1.165) is 22.0 Å². The smallest absolute Gasteiger partial charge is 0.248 e. The number of carbonyl (C=O) groups is 2. The number of nitrogens with two attached hydrogens (primary N) is 1. The van der Waals surface area contributed by atoms with E-state index in [-0.39, 0.29) is 42.1 Å². The van der Waals surface area contributed by atoms with Gasteiger partial charge in [0.15, 0.2) is 5.82 Å². The van der Waals surface area contributed by atoms with Crippen molar-refractivity contribution >= 4 is 45.8 Å². The zero-order chi connectivity index (χ0) is 29.8. The molecule has 42 heavy (non-hydrogen) atoms. The number of Topliss-reactive ketones (excluding diaryl/α,β-unsaturated/α-hetero) is 1. The van der Waals surface area contributed by atoms with Gasteiger partial charge in [0.25, 0.3) is 0 Å². The number of nitrogens with one attached hydrogen (secondary N) is 1. The van der Waals surface area contributed by atoms with E-state index in [9.17, 15) is 18.4 Å². The number of rotatable bonds is 7. The molecule has 2 aromatic heterocycles. The number of fused-ring (bicyclic) bond motifs is 2. The van der Waals surface area contributed by atoms with Crippen LogP contribution in [0.15, 0.2) is 42.5 Å². The Kier molecular flexibility index (Phi) is 7.00. The summed E-state index contributed by atoms with van der Waals surface area (Å²) in [5.41, 5.74) is 8.86. The molecule has 1 fully saturated rings. The molecule has 0 radical (unpaired) electrons. The maximum Gasteiger partial charge on any atom is 0.248 e. The first-order valence-electron chi connectivity index (χ1n) is 14.1. The minimum absolute atomic E-state index is 0.0550. The van der Waals surface area contributed by atoms with Crippen molar-refractivity contribution in [3.8, 4) is 11.5 Å². The van der Waals surface area contributed by atoms with Crippen molar-refractivity contribution in [1.82, 2.24) is 19.7 Å². The molecule has 0 bridgehead atoms. The lowest BCUT2D eigenvalue weighted by molar-refractivity contribution is -0.119. The van der Waals surface area contributed by atoms with Crippen LogP contribution in [0.25, 0.3) is 22.4 Å². The maximum absolute atomic E-state index is 13.8. The molecule has 1 unspecified atom stereocenters. The SMILES string of the molecule is CC(=O)CCc1ccc(C2(C)C(=O)Nc3nc(-c4nn(CC5CCC(F)(F)CC5)c5cc(Cl)ccc45)nc(N)c32)cc1. The Morgan fingerprint density at radius 1 is 1.14 bits per heavy atom. The van der Waals surface area contributed by atoms with Crippen LogP contribution in [0.4, 0.5) is 20.4 Å². The van der Waals surface area contributed by atoms with Crippen LogP contribution < -0.4 is 11.1 Å². The molecule has 0 saturated heterocycles. The molecule has 218 valence electrons. The fourth-order valence-electron chi connectivity index (χ4n) is 6.09. The first-order chi connectivity index (χ1) is 19.9. The number of carbonyl (C=O) groups excluding carboxylic acids is 2. The largest absolute Gasteiger partial charge is 0.383 e. The number of benzene rings is 2. The highest BCUT2D eigenvalue weighted by molar-refractivity contribution is 6.31. The normalized spacial score (nSPS) is 20.1. The van der Waals surface area contributed by atoms with Crippen LogP contribution >= 0.6 is 11.6 Å². The highest BCUT2D eigenvalue weighted by Crippen LogP contribution is 2.45. The number of hydrogen-bond donors (Lipinski definition) is 2. The van der Waals surface area contributed by atoms with Crippen LogP contribution in [0.5, 0.6) is 0 Å². The lowest BCUT2D eigenvalue weighted by Gasteiger charge is -2.28. The van der Waals surface area contributed by atoms with Crippen molar-refractivity contribution in [2.75, 3.05) is 11.1 Å². The molecule has 1 aliphatic heterocycles. The summed E-state index contributed by atoms with van der Waals surface area (Å²) in [5, 5.41) is 8.96. The monoisotopic (exact) mass is 592 g/mol. The third kappa shape index (κ3) is 5.02. The molecule has 6 rings (SSSR count). The molecule has 1 atom stereocenters. The van der Waals surface area contributed by atoms with Gasteiger partial charge in [0.1, 0.15) is 28.5 Å². The summed E-state index contributed by atoms with van der Waals surface area (Å²) in [6.45, 7) is 3.82. The number of aryl methyl sites for hydroxylation is 1. The number of anilines is 2. The second-order valence-corrected chi connectivity index (χ2v) is 12.1. The summed E-state index contributed by atoms with van der Waals surface area (Å²) in [7, 11) is 0. The number of amides is 1. The lowest BCUT2D eigenvalue weighted by atomic mass is 9.77. The van der Waals surface area contributed by atoms with Gasteiger partial charge >= 0.3 is 0 Å². The van der Waals surface area contributed by atoms with Gasteiger partial charge in [0.05, 0.1) is 11.1 Å². The van der Waals surface area contributed by atoms with E-state index in [1.165, 1.54) is 0 Å². The van der Waals surface area contributed by atoms with Gasteiger partial charge < -0.3 is 15.8 Å². The molecule has 1 amide bonds. The summed E-state index contributed by atoms with van der Waals surface area (Å²) >= 11 is 6.32. The van der Waals surface area contributed by atoms with E-state index in [2.05, 4.69) is 10.3 Å². The molecule has 2 aromatic carbocycles. The molecule has 4 aromatic rings. The Balaban J connectivity index is 1.36. The van der Waals surface area contributed by atoms with Crippen LogP contribution in [0, 0.1) is 5.92 Å². The van der Waals surface area contributed by atoms with Crippen molar-refractivity contribution in [2.45, 2.75) is 70.3 Å². The van der Waals surface area contributed by atoms with Gasteiger partial charge in [-0.2, -0.15) is 5.10 Å². The van der Waals surface area contributed by atoms with Crippen molar-refractivity contribution in [3.05, 3.63) is 64.2 Å². The summed E-state index contributed by atoms with van der Waals surface area (Å²) in [4.78, 5) is 34.1. The molecule has 3 N–H and O–H groups in total. The highest BCUT2D eigenvalue weighted by atomic mass is 35.5. The fourth-order valence-corrected chi connectivity index (χ4v) is 6.26. The van der Waals surface area contributed by atoms with Crippen LogP contribution in [0.2, 0.25) is 5.02 Å². The third-order valence-electron chi connectivity index (χ3n) is 8.61. The molecular formula is C31H31ClF2N6O2. The Morgan fingerprint density at radius 3 is 2.55 bits per heavy atom. The number of nitrogens with zero attached hydrogens (tertiary/aromatic N) is 4. The lowest BCUT2D eigenvalue weighted by Crippen LogP contribution is -2.33. The number of halogens is 3. The zero-order valence-electron chi connectivity index (χ0n) is 23.4. The average molecular weight is 593 g/mol. The Hall–Kier alpha value is -3.92. The van der Waals surface area contributed by atoms with Crippen LogP contribution in [0.1, 0.15) is 62.6 Å². The van der Waals surface area contributed by atoms with E-state index >= 15 is 0 Å². The molecule has 3 heterocycles. The van der Waals surface area contributed by atoms with E-state index in [1.54, 1.807) is 30.7 Å². The maximum atomic E-state index is 13.8. The molecule has 1 saturated carbocycles. The van der Waals surface area contributed by atoms with Gasteiger partial charge in [-0.25, -0.2) is 18.7 Å². The minimum atomic E-state index is -2.61. The Bertz CT molecular complexity index is 1710. The number of nitrogen functional groups attached to an aromatic ring is 1. The molecule has 8 nitrogen and oxygen atoms in total. The molecule has 11 heteroatoms. The topological polar surface area (TPSA) is 116 Å². The second-order valence-electron chi connectivity index (χ2n) is 11.6. The first kappa shape index (κ1) is 28.2. The first-order valence-corrected chi connectivity index (χ1v) is 14.4. The Morgan fingerprint density at radius 2 is 1.86 bits per heavy atom. The summed E-state index contributed by atoms with van der Waals surface area (Å²) < 4.78 is 29.3. The number of aromatic nitrogens is 4. The standard InChI is InChI=1S/C31H31ClF2N6O2/c1-17(41)3-4-18-5-7-20(8-6-18)30(2)24-26(35)36-28(37-27(24)38-29(30)42)25-22-10-9-21(32)15-23(22)40(39-25)16-19-11-13-31(33,34)14-12-19/h5-10,15,19H,3-4,11-14,16H2,1-2H3,(H3,35,36,37,38,42). The van der Waals surface area contributed by atoms with Gasteiger partial charge in [-0.15, -0.1) is 0 Å². The van der Waals surface area contributed by atoms with Crippen molar-refractivity contribution in [3.63, 3.8) is 0 Å². The number of alkyl halides is 2. The van der Waals surface area contributed by atoms with Crippen LogP contribution in [-0.2, 0) is 28.0 Å². The van der Waals surface area contributed by atoms with Gasteiger partial charge in [-0.1, -0.05) is 35.9 Å². The Labute approximate surface area is 246 Å². The summed E-state index contributed by atoms with van der Waals surface area (Å²) in [6, 6.07) is 12.9. The predicted molar refractivity (Wildman–Crippen MR) is 158 cm³/mol. The molecular weight excluding hydrogens is 562 g/mol. The zero-order valence-corrected chi connectivity index (χ0v) is 24.1. The quantitative estimate of drug-likeness (QED) is 0.259. The fraction of sp³-hybridized carbons (Fsp3) is 0.387. The van der Waals surface area contributed by atoms with Gasteiger partial charge in [-0.3, -0.25) is 9.48 Å². The van der Waals surface area contributed by atoms with E-state index < -0.39 is 11.3 Å². The highest BCUT2D eigenvalue weighted by Gasteiger charge is 2.47. The molecule has 0 spiro atoms. The number of ketones is 1. The van der Waals surface area contributed by atoms with E-state index in [4.69, 9.17) is 27.4 Å². The summed E-state index contributed by atoms with van der Waals surface area (Å²) in [5.74, 6) is -1.99. The molecule has 1 aliphatic carbocycles. The van der Waals surface area contributed by atoms with Gasteiger partial charge in [0.2, 0.25) is 11.8 Å². The molecule has 2 aliphatic rings. The van der Waals surface area contributed by atoms with Crippen molar-refractivity contribution < 1.29 is 18.4 Å². The average Bonchev–Trinajstić information content (AvgIpc) is 3.43. The van der Waals surface area contributed by atoms with E-state index in [0.29, 0.717) is 54.3 Å². The summed E-state index contributed by atoms with van der Waals surface area (Å²) in [6.07, 6.45) is 1.65. The third-order valence-corrected chi connectivity index (χ3v) is 8.85. The predicted octanol–water partition coefficient (Wildman–Crippen LogP) is 6.33. The second kappa shape index (κ2) is 10.4. The van der Waals surface area contributed by atoms with Crippen LogP contribution in [-0.4, -0.2) is 37.4 Å². The number of hydrogen-bond acceptors (Lipinski definition) is 6. The van der Waals surface area contributed by atoms with Crippen LogP contribution in [0.3, 0.4) is 0 Å². The van der Waals surface area contributed by atoms with Crippen molar-refractivity contribution in [2.24, 2.45) is 5.92 Å². The van der Waals surface area contributed by atoms with Gasteiger partial charge in [0, 0.05) is 36.2 Å². The minimum Gasteiger partial charge on any atom is -0.383 e. The van der Waals surface area contributed by atoms with Crippen molar-refractivity contribution in [1.29, 1.82) is 0 Å². The van der Waals surface area contributed by atoms with Gasteiger partial charge in [-0.05, 0) is 68.4 Å².